The van der Waals surface area contributed by atoms with Gasteiger partial charge in [0, 0.05) is 30.4 Å². The van der Waals surface area contributed by atoms with Crippen LogP contribution in [-0.4, -0.2) is 17.7 Å². The van der Waals surface area contributed by atoms with Gasteiger partial charge in [-0.05, 0) is 34.7 Å². The smallest absolute Gasteiger partial charge is 0.245 e. The molecule has 0 unspecified atom stereocenters. The lowest BCUT2D eigenvalue weighted by atomic mass is 10.1. The van der Waals surface area contributed by atoms with Gasteiger partial charge in [0.05, 0.1) is 0 Å². The second kappa shape index (κ2) is 10.1. The molecule has 174 valence electrons. The number of rotatable bonds is 8. The van der Waals surface area contributed by atoms with Crippen molar-refractivity contribution in [2.24, 2.45) is 0 Å². The second-order valence-corrected chi connectivity index (χ2v) is 10.2. The first-order valence-corrected chi connectivity index (χ1v) is 12.8. The summed E-state index contributed by atoms with van der Waals surface area (Å²) in [5.74, 6) is 0.581. The Labute approximate surface area is 205 Å². The molecule has 5 rings (SSSR count). The van der Waals surface area contributed by atoms with Crippen molar-refractivity contribution in [1.82, 2.24) is 9.29 Å². The maximum Gasteiger partial charge on any atom is 0.245 e. The molecule has 4 aromatic carbocycles. The molecule has 0 aliphatic carbocycles. The van der Waals surface area contributed by atoms with Crippen LogP contribution in [0, 0.1) is 0 Å². The van der Waals surface area contributed by atoms with Crippen molar-refractivity contribution in [3.63, 3.8) is 0 Å². The maximum absolute atomic E-state index is 13.7. The van der Waals surface area contributed by atoms with E-state index in [1.54, 1.807) is 12.1 Å². The van der Waals surface area contributed by atoms with Crippen LogP contribution in [-0.2, 0) is 23.1 Å². The Bertz CT molecular complexity index is 1470. The van der Waals surface area contributed by atoms with Crippen LogP contribution < -0.4 is 5.32 Å². The summed E-state index contributed by atoms with van der Waals surface area (Å²) in [6.45, 7) is 0.544. The number of aromatic nitrogens is 1. The first-order chi connectivity index (χ1) is 17.1. The average Bonchev–Trinajstić information content (AvgIpc) is 2.90. The van der Waals surface area contributed by atoms with Gasteiger partial charge in [0.2, 0.25) is 10.0 Å². The lowest BCUT2D eigenvalue weighted by Gasteiger charge is -2.22. The van der Waals surface area contributed by atoms with Gasteiger partial charge < -0.3 is 5.32 Å². The van der Waals surface area contributed by atoms with E-state index in [9.17, 15) is 8.42 Å². The molecule has 5 aromatic rings. The normalized spacial score (nSPS) is 11.6. The van der Waals surface area contributed by atoms with E-state index < -0.39 is 10.0 Å². The van der Waals surface area contributed by atoms with Gasteiger partial charge in [-0.25, -0.2) is 13.4 Å². The number of nitrogens with zero attached hydrogens (tertiary/aromatic N) is 2. The maximum atomic E-state index is 13.7. The van der Waals surface area contributed by atoms with E-state index in [1.807, 2.05) is 91.0 Å². The molecule has 0 saturated carbocycles. The minimum Gasteiger partial charge on any atom is -0.340 e. The van der Waals surface area contributed by atoms with Crippen molar-refractivity contribution in [3.8, 4) is 0 Å². The largest absolute Gasteiger partial charge is 0.340 e. The minimum atomic E-state index is -3.78. The SMILES string of the molecule is O=S(=O)(c1ccc(Nc2cccc3ccccc23)nc1)N(Cc1ccccc1)Cc1ccccc1. The van der Waals surface area contributed by atoms with Gasteiger partial charge in [0.25, 0.3) is 0 Å². The number of sulfonamides is 1. The summed E-state index contributed by atoms with van der Waals surface area (Å²) in [6, 6.07) is 36.7. The van der Waals surface area contributed by atoms with Crippen molar-refractivity contribution in [2.45, 2.75) is 18.0 Å². The third-order valence-corrected chi connectivity index (χ3v) is 7.61. The summed E-state index contributed by atoms with van der Waals surface area (Å²) < 4.78 is 28.8. The number of nitrogens with one attached hydrogen (secondary N) is 1. The summed E-state index contributed by atoms with van der Waals surface area (Å²) in [5, 5.41) is 5.51. The zero-order valence-corrected chi connectivity index (χ0v) is 19.9. The molecule has 0 radical (unpaired) electrons. The molecule has 1 N–H and O–H groups in total. The summed E-state index contributed by atoms with van der Waals surface area (Å²) in [5.41, 5.74) is 2.77. The molecule has 0 spiro atoms. The molecule has 0 aliphatic rings. The fraction of sp³-hybridized carbons (Fsp3) is 0.0690. The van der Waals surface area contributed by atoms with Gasteiger partial charge in [-0.3, -0.25) is 0 Å². The van der Waals surface area contributed by atoms with Crippen LogP contribution in [0.4, 0.5) is 11.5 Å². The van der Waals surface area contributed by atoms with E-state index in [4.69, 9.17) is 0 Å². The van der Waals surface area contributed by atoms with Crippen LogP contribution >= 0.6 is 0 Å². The van der Waals surface area contributed by atoms with Gasteiger partial charge >= 0.3 is 0 Å². The molecule has 0 amide bonds. The monoisotopic (exact) mass is 479 g/mol. The number of hydrogen-bond acceptors (Lipinski definition) is 4. The molecule has 0 bridgehead atoms. The van der Waals surface area contributed by atoms with Crippen molar-refractivity contribution in [1.29, 1.82) is 0 Å². The molecule has 6 heteroatoms. The Hall–Kier alpha value is -4.00. The van der Waals surface area contributed by atoms with Crippen molar-refractivity contribution < 1.29 is 8.42 Å². The lowest BCUT2D eigenvalue weighted by molar-refractivity contribution is 0.401. The number of hydrogen-bond donors (Lipinski definition) is 1. The second-order valence-electron chi connectivity index (χ2n) is 8.28. The standard InChI is InChI=1S/C29H25N3O2S/c33-35(34,32(21-23-10-3-1-4-11-23)22-24-12-5-2-6-13-24)26-18-19-29(30-20-26)31-28-17-9-15-25-14-7-8-16-27(25)28/h1-20H,21-22H2,(H,30,31). The summed E-state index contributed by atoms with van der Waals surface area (Å²) >= 11 is 0. The van der Waals surface area contributed by atoms with Gasteiger partial charge in [-0.1, -0.05) is 97.1 Å². The van der Waals surface area contributed by atoms with Gasteiger partial charge in [-0.15, -0.1) is 0 Å². The Morgan fingerprint density at radius 1 is 0.657 bits per heavy atom. The summed E-state index contributed by atoms with van der Waals surface area (Å²) in [6.07, 6.45) is 1.42. The molecule has 1 aromatic heterocycles. The molecule has 0 atom stereocenters. The molecule has 0 saturated heterocycles. The van der Waals surface area contributed by atoms with E-state index in [1.165, 1.54) is 10.5 Å². The van der Waals surface area contributed by atoms with Crippen molar-refractivity contribution in [2.75, 3.05) is 5.32 Å². The van der Waals surface area contributed by atoms with Crippen molar-refractivity contribution >= 4 is 32.3 Å². The van der Waals surface area contributed by atoms with Crippen LogP contribution in [0.25, 0.3) is 10.8 Å². The number of fused-ring (bicyclic) bond motifs is 1. The summed E-state index contributed by atoms with van der Waals surface area (Å²) in [7, 11) is -3.78. The van der Waals surface area contributed by atoms with Crippen LogP contribution in [0.2, 0.25) is 0 Å². The van der Waals surface area contributed by atoms with Crippen LogP contribution in [0.15, 0.2) is 126 Å². The Morgan fingerprint density at radius 2 is 1.26 bits per heavy atom. The van der Waals surface area contributed by atoms with Crippen LogP contribution in [0.1, 0.15) is 11.1 Å². The van der Waals surface area contributed by atoms with E-state index in [0.29, 0.717) is 5.82 Å². The molecule has 1 heterocycles. The van der Waals surface area contributed by atoms with Gasteiger partial charge in [-0.2, -0.15) is 4.31 Å². The highest BCUT2D eigenvalue weighted by atomic mass is 32.2. The van der Waals surface area contributed by atoms with E-state index in [0.717, 1.165) is 27.6 Å². The van der Waals surface area contributed by atoms with Crippen LogP contribution in [0.5, 0.6) is 0 Å². The molecule has 5 nitrogen and oxygen atoms in total. The van der Waals surface area contributed by atoms with Gasteiger partial charge in [0.15, 0.2) is 0 Å². The zero-order chi connectivity index (χ0) is 24.1. The van der Waals surface area contributed by atoms with Gasteiger partial charge in [0.1, 0.15) is 10.7 Å². The third-order valence-electron chi connectivity index (χ3n) is 5.83. The molecular weight excluding hydrogens is 454 g/mol. The highest BCUT2D eigenvalue weighted by Crippen LogP contribution is 2.27. The minimum absolute atomic E-state index is 0.160. The first kappa shape index (κ1) is 22.8. The topological polar surface area (TPSA) is 62.3 Å². The Kier molecular flexibility index (Phi) is 6.57. The molecule has 35 heavy (non-hydrogen) atoms. The highest BCUT2D eigenvalue weighted by Gasteiger charge is 2.25. The predicted molar refractivity (Wildman–Crippen MR) is 141 cm³/mol. The number of pyridine rings is 1. The molecule has 0 aliphatic heterocycles. The van der Waals surface area contributed by atoms with Crippen molar-refractivity contribution in [3.05, 3.63) is 133 Å². The van der Waals surface area contributed by atoms with E-state index >= 15 is 0 Å². The third kappa shape index (κ3) is 5.24. The van der Waals surface area contributed by atoms with E-state index in [-0.39, 0.29) is 18.0 Å². The highest BCUT2D eigenvalue weighted by molar-refractivity contribution is 7.89. The predicted octanol–water partition coefficient (Wildman–Crippen LogP) is 6.37. The Balaban J connectivity index is 1.42. The van der Waals surface area contributed by atoms with Crippen LogP contribution in [0.3, 0.4) is 0 Å². The lowest BCUT2D eigenvalue weighted by Crippen LogP contribution is -2.30. The fourth-order valence-corrected chi connectivity index (χ4v) is 5.39. The Morgan fingerprint density at radius 3 is 1.89 bits per heavy atom. The average molecular weight is 480 g/mol. The number of anilines is 2. The van der Waals surface area contributed by atoms with E-state index in [2.05, 4.69) is 22.4 Å². The quantitative estimate of drug-likeness (QED) is 0.281. The molecule has 0 fully saturated rings. The first-order valence-electron chi connectivity index (χ1n) is 11.4. The number of benzene rings is 4. The zero-order valence-electron chi connectivity index (χ0n) is 19.1. The molecular formula is C29H25N3O2S. The summed E-state index contributed by atoms with van der Waals surface area (Å²) in [4.78, 5) is 4.59. The fourth-order valence-electron chi connectivity index (χ4n) is 4.03.